The molecule has 0 saturated heterocycles. The molecule has 0 aliphatic heterocycles. The van der Waals surface area contributed by atoms with Crippen LogP contribution in [0, 0.1) is 0 Å². The van der Waals surface area contributed by atoms with E-state index >= 15 is 0 Å². The highest BCUT2D eigenvalue weighted by atomic mass is 16.6. The standard InChI is InChI=1S/C18H26O6/c1-3-4-5-6-9-12-23-17(19)13-22-14-18(20)24-16-11-8-7-10-15(16)21-2/h7-8,10-11H,3-6,9,12-14H2,1-2H3. The van der Waals surface area contributed by atoms with Gasteiger partial charge in [-0.25, -0.2) is 9.59 Å². The molecule has 0 unspecified atom stereocenters. The minimum atomic E-state index is -0.605. The number of hydrogen-bond acceptors (Lipinski definition) is 6. The summed E-state index contributed by atoms with van der Waals surface area (Å²) in [6.45, 7) is 1.94. The van der Waals surface area contributed by atoms with E-state index in [1.54, 1.807) is 24.3 Å². The van der Waals surface area contributed by atoms with Crippen molar-refractivity contribution in [1.29, 1.82) is 0 Å². The number of hydrogen-bond donors (Lipinski definition) is 0. The lowest BCUT2D eigenvalue weighted by Crippen LogP contribution is -2.20. The average Bonchev–Trinajstić information content (AvgIpc) is 2.58. The van der Waals surface area contributed by atoms with Crippen molar-refractivity contribution < 1.29 is 28.5 Å². The molecule has 1 rings (SSSR count). The summed E-state index contributed by atoms with van der Waals surface area (Å²) < 4.78 is 20.2. The van der Waals surface area contributed by atoms with Crippen LogP contribution in [0.4, 0.5) is 0 Å². The molecule has 6 heteroatoms. The van der Waals surface area contributed by atoms with Crippen LogP contribution in [0.15, 0.2) is 24.3 Å². The van der Waals surface area contributed by atoms with Gasteiger partial charge in [-0.2, -0.15) is 0 Å². The lowest BCUT2D eigenvalue weighted by atomic mass is 10.2. The summed E-state index contributed by atoms with van der Waals surface area (Å²) in [5.41, 5.74) is 0. The normalized spacial score (nSPS) is 10.2. The van der Waals surface area contributed by atoms with E-state index in [1.807, 2.05) is 0 Å². The highest BCUT2D eigenvalue weighted by Crippen LogP contribution is 2.25. The fourth-order valence-corrected chi connectivity index (χ4v) is 2.01. The Kier molecular flexibility index (Phi) is 10.3. The molecule has 1 aromatic carbocycles. The molecule has 24 heavy (non-hydrogen) atoms. The first-order valence-electron chi connectivity index (χ1n) is 8.24. The predicted octanol–water partition coefficient (Wildman–Crippen LogP) is 3.13. The zero-order valence-corrected chi connectivity index (χ0v) is 14.4. The van der Waals surface area contributed by atoms with Crippen LogP contribution >= 0.6 is 0 Å². The molecular weight excluding hydrogens is 312 g/mol. The maximum atomic E-state index is 11.7. The Morgan fingerprint density at radius 2 is 1.58 bits per heavy atom. The Morgan fingerprint density at radius 3 is 2.29 bits per heavy atom. The van der Waals surface area contributed by atoms with Crippen LogP contribution < -0.4 is 9.47 Å². The average molecular weight is 338 g/mol. The van der Waals surface area contributed by atoms with E-state index in [0.29, 0.717) is 18.1 Å². The van der Waals surface area contributed by atoms with Gasteiger partial charge in [-0.3, -0.25) is 0 Å². The largest absolute Gasteiger partial charge is 0.493 e. The monoisotopic (exact) mass is 338 g/mol. The molecule has 6 nitrogen and oxygen atoms in total. The molecule has 0 N–H and O–H groups in total. The van der Waals surface area contributed by atoms with Gasteiger partial charge < -0.3 is 18.9 Å². The third-order valence-electron chi connectivity index (χ3n) is 3.24. The van der Waals surface area contributed by atoms with Crippen LogP contribution in [0.25, 0.3) is 0 Å². The van der Waals surface area contributed by atoms with Crippen molar-refractivity contribution in [3.05, 3.63) is 24.3 Å². The Balaban J connectivity index is 2.13. The van der Waals surface area contributed by atoms with Gasteiger partial charge in [0.1, 0.15) is 13.2 Å². The predicted molar refractivity (Wildman–Crippen MR) is 89.2 cm³/mol. The zero-order valence-electron chi connectivity index (χ0n) is 14.4. The van der Waals surface area contributed by atoms with Gasteiger partial charge in [-0.15, -0.1) is 0 Å². The highest BCUT2D eigenvalue weighted by Gasteiger charge is 2.11. The molecule has 0 radical (unpaired) electrons. The molecule has 0 amide bonds. The van der Waals surface area contributed by atoms with Gasteiger partial charge in [0.05, 0.1) is 13.7 Å². The summed E-state index contributed by atoms with van der Waals surface area (Å²) in [4.78, 5) is 23.1. The van der Waals surface area contributed by atoms with Crippen LogP contribution in [0.1, 0.15) is 39.0 Å². The van der Waals surface area contributed by atoms with Crippen molar-refractivity contribution in [3.8, 4) is 11.5 Å². The number of para-hydroxylation sites is 2. The van der Waals surface area contributed by atoms with Crippen LogP contribution in [0.5, 0.6) is 11.5 Å². The van der Waals surface area contributed by atoms with E-state index in [-0.39, 0.29) is 13.2 Å². The Bertz CT molecular complexity index is 500. The van der Waals surface area contributed by atoms with Gasteiger partial charge in [0.25, 0.3) is 0 Å². The summed E-state index contributed by atoms with van der Waals surface area (Å²) in [6, 6.07) is 6.79. The SMILES string of the molecule is CCCCCCCOC(=O)COCC(=O)Oc1ccccc1OC. The first-order chi connectivity index (χ1) is 11.7. The van der Waals surface area contributed by atoms with Crippen LogP contribution in [0.2, 0.25) is 0 Å². The van der Waals surface area contributed by atoms with Crippen LogP contribution in [0.3, 0.4) is 0 Å². The van der Waals surface area contributed by atoms with Crippen molar-refractivity contribution in [2.24, 2.45) is 0 Å². The molecule has 0 spiro atoms. The Morgan fingerprint density at radius 1 is 0.917 bits per heavy atom. The van der Waals surface area contributed by atoms with Crippen molar-refractivity contribution in [2.45, 2.75) is 39.0 Å². The van der Waals surface area contributed by atoms with E-state index in [4.69, 9.17) is 18.9 Å². The third kappa shape index (κ3) is 8.53. The summed E-state index contributed by atoms with van der Waals surface area (Å²) in [5.74, 6) is -0.320. The second-order valence-corrected chi connectivity index (χ2v) is 5.25. The van der Waals surface area contributed by atoms with E-state index in [0.717, 1.165) is 19.3 Å². The number of unbranched alkanes of at least 4 members (excludes halogenated alkanes) is 4. The van der Waals surface area contributed by atoms with Crippen molar-refractivity contribution in [2.75, 3.05) is 26.9 Å². The second kappa shape index (κ2) is 12.4. The minimum absolute atomic E-state index is 0.268. The molecule has 0 aromatic heterocycles. The quantitative estimate of drug-likeness (QED) is 0.331. The second-order valence-electron chi connectivity index (χ2n) is 5.25. The van der Waals surface area contributed by atoms with Crippen molar-refractivity contribution >= 4 is 11.9 Å². The van der Waals surface area contributed by atoms with E-state index in [1.165, 1.54) is 20.0 Å². The summed E-state index contributed by atoms with van der Waals surface area (Å²) in [7, 11) is 1.49. The summed E-state index contributed by atoms with van der Waals surface area (Å²) in [5, 5.41) is 0. The smallest absolute Gasteiger partial charge is 0.337 e. The van der Waals surface area contributed by atoms with E-state index < -0.39 is 11.9 Å². The fraction of sp³-hybridized carbons (Fsp3) is 0.556. The van der Waals surface area contributed by atoms with Gasteiger partial charge >= 0.3 is 11.9 Å². The zero-order chi connectivity index (χ0) is 17.6. The number of esters is 2. The van der Waals surface area contributed by atoms with Crippen molar-refractivity contribution in [3.63, 3.8) is 0 Å². The van der Waals surface area contributed by atoms with Gasteiger partial charge in [-0.05, 0) is 18.6 Å². The number of rotatable bonds is 12. The van der Waals surface area contributed by atoms with Gasteiger partial charge in [0.2, 0.25) is 0 Å². The molecule has 0 atom stereocenters. The molecular formula is C18H26O6. The number of carbonyl (C=O) groups excluding carboxylic acids is 2. The summed E-state index contributed by atoms with van der Waals surface area (Å²) >= 11 is 0. The lowest BCUT2D eigenvalue weighted by Gasteiger charge is -2.09. The number of ether oxygens (including phenoxy) is 4. The van der Waals surface area contributed by atoms with Gasteiger partial charge in [0, 0.05) is 0 Å². The lowest BCUT2D eigenvalue weighted by molar-refractivity contribution is -0.152. The Hall–Kier alpha value is -2.08. The molecule has 0 aliphatic carbocycles. The summed E-state index contributed by atoms with van der Waals surface area (Å²) in [6.07, 6.45) is 5.43. The van der Waals surface area contributed by atoms with Gasteiger partial charge in [-0.1, -0.05) is 44.7 Å². The molecule has 134 valence electrons. The molecule has 0 heterocycles. The molecule has 1 aromatic rings. The maximum Gasteiger partial charge on any atom is 0.337 e. The van der Waals surface area contributed by atoms with Crippen molar-refractivity contribution in [1.82, 2.24) is 0 Å². The van der Waals surface area contributed by atoms with E-state index in [2.05, 4.69) is 6.92 Å². The molecule has 0 saturated carbocycles. The first kappa shape index (κ1) is 20.0. The van der Waals surface area contributed by atoms with Crippen LogP contribution in [-0.4, -0.2) is 38.9 Å². The highest BCUT2D eigenvalue weighted by molar-refractivity contribution is 5.75. The molecule has 0 bridgehead atoms. The number of carbonyl (C=O) groups is 2. The number of benzene rings is 1. The van der Waals surface area contributed by atoms with Gasteiger partial charge in [0.15, 0.2) is 11.5 Å². The maximum absolute atomic E-state index is 11.7. The third-order valence-corrected chi connectivity index (χ3v) is 3.24. The Labute approximate surface area is 143 Å². The number of methoxy groups -OCH3 is 1. The molecule has 0 fully saturated rings. The van der Waals surface area contributed by atoms with E-state index in [9.17, 15) is 9.59 Å². The topological polar surface area (TPSA) is 71.1 Å². The minimum Gasteiger partial charge on any atom is -0.493 e. The first-order valence-corrected chi connectivity index (χ1v) is 8.24. The fourth-order valence-electron chi connectivity index (χ4n) is 2.01. The van der Waals surface area contributed by atoms with Crippen LogP contribution in [-0.2, 0) is 19.1 Å². The molecule has 0 aliphatic rings.